The van der Waals surface area contributed by atoms with Crippen LogP contribution < -0.4 is 16.4 Å². The summed E-state index contributed by atoms with van der Waals surface area (Å²) in [5.41, 5.74) is 15.9. The normalized spacial score (nSPS) is 13.2. The van der Waals surface area contributed by atoms with Crippen molar-refractivity contribution < 1.29 is 0 Å². The Kier molecular flexibility index (Phi) is 9.18. The standard InChI is InChI=1S/C75H52BN7/c1-74(2,3)44-27-29-60-55(35-44)57-36-45(75(4,5)6)37-58-69(57)82(60)62-33-43(73-80-71(41-17-15-31-77-39-41)79-72(81-73)42-18-16-32-78-40-42)34-63-68(62)76(58)59-38-56-51-24-10-8-20-47(51)49-22-12-14-26-53(49)65(56)67-66-61(83(63)70(59)67)30-28-54-50-23-9-7-19-46(50)48-21-11-13-25-52(48)64(54)66/h7-40H,1-6H3. The van der Waals surface area contributed by atoms with Gasteiger partial charge in [-0.2, -0.15) is 0 Å². The Morgan fingerprint density at radius 3 is 1.34 bits per heavy atom. The van der Waals surface area contributed by atoms with Gasteiger partial charge in [-0.15, -0.1) is 0 Å². The molecule has 2 aliphatic heterocycles. The molecule has 0 saturated heterocycles. The molecule has 83 heavy (non-hydrogen) atoms. The van der Waals surface area contributed by atoms with E-state index in [0.29, 0.717) is 17.5 Å². The van der Waals surface area contributed by atoms with E-state index in [4.69, 9.17) is 15.0 Å². The van der Waals surface area contributed by atoms with E-state index in [2.05, 4.69) is 218 Å². The van der Waals surface area contributed by atoms with Crippen LogP contribution >= 0.6 is 0 Å². The minimum absolute atomic E-state index is 0.0658. The largest absolute Gasteiger partial charge is 0.310 e. The smallest absolute Gasteiger partial charge is 0.252 e. The van der Waals surface area contributed by atoms with Gasteiger partial charge >= 0.3 is 0 Å². The minimum Gasteiger partial charge on any atom is -0.310 e. The van der Waals surface area contributed by atoms with E-state index >= 15 is 0 Å². The molecule has 0 saturated carbocycles. The van der Waals surface area contributed by atoms with Crippen LogP contribution in [-0.4, -0.2) is 40.8 Å². The van der Waals surface area contributed by atoms with Crippen molar-refractivity contribution in [1.82, 2.24) is 34.1 Å². The summed E-state index contributed by atoms with van der Waals surface area (Å²) < 4.78 is 5.24. The van der Waals surface area contributed by atoms with Gasteiger partial charge in [-0.3, -0.25) is 9.97 Å². The van der Waals surface area contributed by atoms with Crippen molar-refractivity contribution in [3.05, 3.63) is 218 Å². The summed E-state index contributed by atoms with van der Waals surface area (Å²) in [5.74, 6) is 1.66. The van der Waals surface area contributed by atoms with E-state index in [1.807, 2.05) is 36.7 Å². The molecule has 7 heterocycles. The van der Waals surface area contributed by atoms with Gasteiger partial charge in [-0.1, -0.05) is 163 Å². The van der Waals surface area contributed by atoms with Crippen LogP contribution in [0.5, 0.6) is 0 Å². The number of pyridine rings is 2. The van der Waals surface area contributed by atoms with E-state index < -0.39 is 0 Å². The average Bonchev–Trinajstić information content (AvgIpc) is 1.62. The predicted molar refractivity (Wildman–Crippen MR) is 347 cm³/mol. The van der Waals surface area contributed by atoms with E-state index in [0.717, 1.165) is 33.6 Å². The third-order valence-electron chi connectivity index (χ3n) is 18.5. The number of hydrogen-bond donors (Lipinski definition) is 0. The summed E-state index contributed by atoms with van der Waals surface area (Å²) in [6.07, 6.45) is 7.24. The lowest BCUT2D eigenvalue weighted by atomic mass is 9.34. The highest BCUT2D eigenvalue weighted by Gasteiger charge is 2.43. The lowest BCUT2D eigenvalue weighted by Crippen LogP contribution is -2.59. The van der Waals surface area contributed by atoms with Gasteiger partial charge in [-0.25, -0.2) is 15.0 Å². The lowest BCUT2D eigenvalue weighted by Gasteiger charge is -2.35. The first-order valence-corrected chi connectivity index (χ1v) is 28.9. The van der Waals surface area contributed by atoms with Crippen LogP contribution in [0.1, 0.15) is 52.7 Å². The number of hydrogen-bond acceptors (Lipinski definition) is 5. The van der Waals surface area contributed by atoms with Crippen LogP contribution in [0.2, 0.25) is 0 Å². The first-order valence-electron chi connectivity index (χ1n) is 28.9. The van der Waals surface area contributed by atoms with Crippen LogP contribution in [0.3, 0.4) is 0 Å². The maximum absolute atomic E-state index is 5.43. The van der Waals surface area contributed by atoms with E-state index in [1.54, 1.807) is 12.4 Å². The molecule has 0 N–H and O–H groups in total. The molecule has 0 amide bonds. The fourth-order valence-electron chi connectivity index (χ4n) is 14.8. The fraction of sp³-hybridized carbons (Fsp3) is 0.107. The van der Waals surface area contributed by atoms with Gasteiger partial charge in [0.15, 0.2) is 17.5 Å². The van der Waals surface area contributed by atoms with Crippen molar-refractivity contribution in [2.45, 2.75) is 52.4 Å². The number of fused-ring (bicyclic) bond motifs is 24. The van der Waals surface area contributed by atoms with Crippen LogP contribution in [0, 0.1) is 0 Å². The van der Waals surface area contributed by atoms with Gasteiger partial charge < -0.3 is 9.13 Å². The number of benzene rings is 11. The molecule has 0 aliphatic carbocycles. The Morgan fingerprint density at radius 1 is 0.337 bits per heavy atom. The van der Waals surface area contributed by atoms with Gasteiger partial charge in [0.1, 0.15) is 0 Å². The molecule has 7 nitrogen and oxygen atoms in total. The molecule has 0 radical (unpaired) electrons. The summed E-state index contributed by atoms with van der Waals surface area (Å²) >= 11 is 0. The number of rotatable bonds is 3. The molecule has 0 spiro atoms. The Balaban J connectivity index is 1.10. The molecule has 0 atom stereocenters. The van der Waals surface area contributed by atoms with Gasteiger partial charge in [0.25, 0.3) is 6.71 Å². The highest BCUT2D eigenvalue weighted by molar-refractivity contribution is 7.00. The van der Waals surface area contributed by atoms with Crippen LogP contribution in [0.15, 0.2) is 207 Å². The molecular weight excluding hydrogens is 1010 g/mol. The summed E-state index contributed by atoms with van der Waals surface area (Å²) in [6.45, 7) is 13.9. The quantitative estimate of drug-likeness (QED) is 0.130. The Morgan fingerprint density at radius 2 is 0.795 bits per heavy atom. The lowest BCUT2D eigenvalue weighted by molar-refractivity contribution is 0.590. The summed E-state index contributed by atoms with van der Waals surface area (Å²) in [5, 5.41) is 20.2. The van der Waals surface area contributed by atoms with Crippen molar-refractivity contribution in [3.63, 3.8) is 0 Å². The van der Waals surface area contributed by atoms with Crippen molar-refractivity contribution in [1.29, 1.82) is 0 Å². The van der Waals surface area contributed by atoms with E-state index in [-0.39, 0.29) is 17.5 Å². The maximum atomic E-state index is 5.43. The van der Waals surface area contributed by atoms with Crippen molar-refractivity contribution in [3.8, 4) is 45.5 Å². The molecule has 0 bridgehead atoms. The molecule has 16 aromatic rings. The minimum atomic E-state index is -0.161. The molecule has 5 aromatic heterocycles. The van der Waals surface area contributed by atoms with Crippen molar-refractivity contribution >= 4 is 131 Å². The molecule has 18 rings (SSSR count). The zero-order chi connectivity index (χ0) is 55.4. The predicted octanol–water partition coefficient (Wildman–Crippen LogP) is 16.5. The summed E-state index contributed by atoms with van der Waals surface area (Å²) in [7, 11) is 0. The number of nitrogens with zero attached hydrogens (tertiary/aromatic N) is 7. The topological polar surface area (TPSA) is 74.3 Å². The average molecular weight is 1060 g/mol. The zero-order valence-corrected chi connectivity index (χ0v) is 46.8. The monoisotopic (exact) mass is 1060 g/mol. The van der Waals surface area contributed by atoms with Crippen molar-refractivity contribution in [2.24, 2.45) is 0 Å². The fourth-order valence-corrected chi connectivity index (χ4v) is 14.8. The number of aromatic nitrogens is 7. The molecule has 0 fully saturated rings. The van der Waals surface area contributed by atoms with Gasteiger partial charge in [0.2, 0.25) is 0 Å². The second kappa shape index (κ2) is 16.3. The molecule has 2 aliphatic rings. The zero-order valence-electron chi connectivity index (χ0n) is 46.8. The SMILES string of the molecule is CC(C)(C)c1ccc2c(c1)c1cc(C(C)(C)C)cc3c1n2-c1cc(-c2nc(-c4cccnc4)nc(-c4cccnc4)n2)cc2c1B3c1cc3c4ccccc4c4ccccc4c3c3c4c5c6ccccc6c6ccccc6c5ccc4n-2c13. The molecule has 0 unspecified atom stereocenters. The Bertz CT molecular complexity index is 5500. The Labute approximate surface area is 478 Å². The Hall–Kier alpha value is -10.0. The first kappa shape index (κ1) is 46.7. The van der Waals surface area contributed by atoms with E-state index in [1.165, 1.54) is 130 Å². The molecular formula is C75H52BN7. The van der Waals surface area contributed by atoms with Crippen molar-refractivity contribution in [2.75, 3.05) is 0 Å². The molecule has 11 aromatic carbocycles. The second-order valence-corrected chi connectivity index (χ2v) is 25.2. The second-order valence-electron chi connectivity index (χ2n) is 25.2. The summed E-state index contributed by atoms with van der Waals surface area (Å²) in [4.78, 5) is 25.1. The van der Waals surface area contributed by atoms with Crippen LogP contribution in [-0.2, 0) is 10.8 Å². The van der Waals surface area contributed by atoms with E-state index in [9.17, 15) is 0 Å². The highest BCUT2D eigenvalue weighted by atomic mass is 15.1. The summed E-state index contributed by atoms with van der Waals surface area (Å²) in [6, 6.07) is 68.7. The molecule has 8 heteroatoms. The van der Waals surface area contributed by atoms with Crippen LogP contribution in [0.4, 0.5) is 0 Å². The highest BCUT2D eigenvalue weighted by Crippen LogP contribution is 2.50. The first-order chi connectivity index (χ1) is 40.5. The van der Waals surface area contributed by atoms with Crippen LogP contribution in [0.25, 0.3) is 154 Å². The molecule has 390 valence electrons. The third kappa shape index (κ3) is 6.32. The van der Waals surface area contributed by atoms with Gasteiger partial charge in [0.05, 0.1) is 16.6 Å². The third-order valence-corrected chi connectivity index (χ3v) is 18.5. The van der Waals surface area contributed by atoms with Gasteiger partial charge in [0, 0.05) is 90.7 Å². The maximum Gasteiger partial charge on any atom is 0.252 e. The van der Waals surface area contributed by atoms with Gasteiger partial charge in [-0.05, 0) is 153 Å².